The average molecular weight is 300 g/mol. The molecule has 0 saturated carbocycles. The van der Waals surface area contributed by atoms with Crippen molar-refractivity contribution in [1.29, 1.82) is 0 Å². The lowest BCUT2D eigenvalue weighted by Gasteiger charge is -2.21. The van der Waals surface area contributed by atoms with Gasteiger partial charge in [-0.2, -0.15) is 0 Å². The molecule has 1 aromatic heterocycles. The van der Waals surface area contributed by atoms with Gasteiger partial charge in [-0.25, -0.2) is 4.39 Å². The number of halogens is 1. The number of alkyl halides is 1. The van der Waals surface area contributed by atoms with Gasteiger partial charge in [0.15, 0.2) is 0 Å². The Morgan fingerprint density at radius 3 is 2.77 bits per heavy atom. The summed E-state index contributed by atoms with van der Waals surface area (Å²) in [5, 5.41) is 1.10. The Kier molecular flexibility index (Phi) is 3.77. The van der Waals surface area contributed by atoms with Gasteiger partial charge < -0.3 is 9.47 Å². The number of carbonyl (C=O) groups excluding carboxylic acids is 1. The average Bonchev–Trinajstić information content (AvgIpc) is 3.00. The number of hydrogen-bond acceptors (Lipinski definition) is 1. The summed E-state index contributed by atoms with van der Waals surface area (Å²) in [6.45, 7) is 8.33. The maximum atomic E-state index is 13.5. The number of benzene rings is 1. The van der Waals surface area contributed by atoms with Crippen LogP contribution in [-0.4, -0.2) is 34.1 Å². The number of rotatable bonds is 3. The van der Waals surface area contributed by atoms with Crippen molar-refractivity contribution < 1.29 is 9.18 Å². The van der Waals surface area contributed by atoms with Crippen molar-refractivity contribution in [3.05, 3.63) is 42.6 Å². The molecule has 0 N–H and O–H groups in total. The van der Waals surface area contributed by atoms with Gasteiger partial charge >= 0.3 is 0 Å². The summed E-state index contributed by atoms with van der Waals surface area (Å²) in [4.78, 5) is 14.2. The van der Waals surface area contributed by atoms with Gasteiger partial charge in [0.2, 0.25) is 5.91 Å². The number of allylic oxidation sites excluding steroid dienone is 1. The molecule has 1 saturated heterocycles. The van der Waals surface area contributed by atoms with Crippen molar-refractivity contribution in [2.75, 3.05) is 6.54 Å². The zero-order valence-corrected chi connectivity index (χ0v) is 13.1. The second kappa shape index (κ2) is 5.59. The Bertz CT molecular complexity index is 734. The van der Waals surface area contributed by atoms with Crippen molar-refractivity contribution >= 4 is 22.4 Å². The third-order valence-corrected chi connectivity index (χ3v) is 4.40. The number of carbonyl (C=O) groups is 1. The third-order valence-electron chi connectivity index (χ3n) is 4.40. The van der Waals surface area contributed by atoms with E-state index in [9.17, 15) is 9.18 Å². The van der Waals surface area contributed by atoms with Crippen LogP contribution in [0, 0.1) is 0 Å². The lowest BCUT2D eigenvalue weighted by molar-refractivity contribution is -0.132. The first-order chi connectivity index (χ1) is 10.5. The fourth-order valence-electron chi connectivity index (χ4n) is 3.27. The monoisotopic (exact) mass is 300 g/mol. The molecule has 4 heteroatoms. The molecule has 2 aromatic rings. The molecule has 1 unspecified atom stereocenters. The minimum Gasteiger partial charge on any atom is -0.337 e. The molecule has 2 atom stereocenters. The molecule has 1 fully saturated rings. The number of nitrogens with zero attached hydrogens (tertiary/aromatic N) is 2. The second-order valence-corrected chi connectivity index (χ2v) is 6.20. The van der Waals surface area contributed by atoms with Crippen LogP contribution in [0.25, 0.3) is 16.5 Å². The van der Waals surface area contributed by atoms with Crippen molar-refractivity contribution in [3.8, 4) is 0 Å². The van der Waals surface area contributed by atoms with Gasteiger partial charge in [-0.05, 0) is 25.5 Å². The van der Waals surface area contributed by atoms with Crippen LogP contribution in [0.4, 0.5) is 4.39 Å². The predicted molar refractivity (Wildman–Crippen MR) is 87.3 cm³/mol. The van der Waals surface area contributed by atoms with Gasteiger partial charge in [0.05, 0.1) is 6.54 Å². The first-order valence-electron chi connectivity index (χ1n) is 7.64. The van der Waals surface area contributed by atoms with Gasteiger partial charge in [0.1, 0.15) is 12.7 Å². The number of para-hydroxylation sites is 1. The fourth-order valence-corrected chi connectivity index (χ4v) is 3.27. The summed E-state index contributed by atoms with van der Waals surface area (Å²) < 4.78 is 15.4. The van der Waals surface area contributed by atoms with E-state index in [1.54, 1.807) is 4.90 Å². The fraction of sp³-hybridized carbons (Fsp3) is 0.389. The largest absolute Gasteiger partial charge is 0.337 e. The molecule has 1 aliphatic rings. The van der Waals surface area contributed by atoms with Gasteiger partial charge in [0.25, 0.3) is 0 Å². The highest BCUT2D eigenvalue weighted by atomic mass is 19.1. The van der Waals surface area contributed by atoms with Crippen molar-refractivity contribution in [2.45, 2.75) is 39.0 Å². The minimum atomic E-state index is -0.897. The van der Waals surface area contributed by atoms with Crippen molar-refractivity contribution in [2.24, 2.45) is 0 Å². The number of hydrogen-bond donors (Lipinski definition) is 0. The molecule has 0 radical (unpaired) electrons. The molecule has 0 bridgehead atoms. The van der Waals surface area contributed by atoms with Crippen LogP contribution >= 0.6 is 0 Å². The van der Waals surface area contributed by atoms with Crippen LogP contribution in [0.5, 0.6) is 0 Å². The van der Waals surface area contributed by atoms with Crippen LogP contribution in [0.1, 0.15) is 25.8 Å². The van der Waals surface area contributed by atoms with Gasteiger partial charge in [0, 0.05) is 35.1 Å². The Hall–Kier alpha value is -2.10. The quantitative estimate of drug-likeness (QED) is 0.849. The van der Waals surface area contributed by atoms with E-state index in [1.165, 1.54) is 0 Å². The number of fused-ring (bicyclic) bond motifs is 1. The van der Waals surface area contributed by atoms with Crippen molar-refractivity contribution in [3.63, 3.8) is 0 Å². The van der Waals surface area contributed by atoms with Crippen molar-refractivity contribution in [1.82, 2.24) is 9.47 Å². The van der Waals surface area contributed by atoms with E-state index in [1.807, 2.05) is 48.9 Å². The van der Waals surface area contributed by atoms with Crippen LogP contribution < -0.4 is 0 Å². The molecule has 22 heavy (non-hydrogen) atoms. The summed E-state index contributed by atoms with van der Waals surface area (Å²) >= 11 is 0. The molecule has 1 aliphatic heterocycles. The number of aromatic nitrogens is 1. The normalized spacial score (nSPS) is 21.5. The van der Waals surface area contributed by atoms with E-state index in [4.69, 9.17) is 0 Å². The summed E-state index contributed by atoms with van der Waals surface area (Å²) in [5.41, 5.74) is 3.04. The van der Waals surface area contributed by atoms with Crippen LogP contribution in [-0.2, 0) is 11.3 Å². The van der Waals surface area contributed by atoms with Crippen LogP contribution in [0.3, 0.4) is 0 Å². The Morgan fingerprint density at radius 2 is 2.14 bits per heavy atom. The SMILES string of the molecule is C=C(C)c1cn(CC(=O)N2C[C@H](F)CC2C)c2ccccc12. The highest BCUT2D eigenvalue weighted by Crippen LogP contribution is 2.27. The molecule has 3 rings (SSSR count). The lowest BCUT2D eigenvalue weighted by Crippen LogP contribution is -2.36. The molecule has 116 valence electrons. The highest BCUT2D eigenvalue weighted by Gasteiger charge is 2.32. The maximum Gasteiger partial charge on any atom is 0.242 e. The first kappa shape index (κ1) is 14.8. The summed E-state index contributed by atoms with van der Waals surface area (Å²) in [5.74, 6) is -0.0262. The Labute approximate surface area is 130 Å². The van der Waals surface area contributed by atoms with E-state index in [0.717, 1.165) is 22.0 Å². The van der Waals surface area contributed by atoms with E-state index in [0.29, 0.717) is 6.42 Å². The van der Waals surface area contributed by atoms with Crippen LogP contribution in [0.2, 0.25) is 0 Å². The molecule has 3 nitrogen and oxygen atoms in total. The molecule has 0 aliphatic carbocycles. The number of likely N-dealkylation sites (tertiary alicyclic amines) is 1. The van der Waals surface area contributed by atoms with Gasteiger partial charge in [-0.1, -0.05) is 24.8 Å². The number of amides is 1. The van der Waals surface area contributed by atoms with E-state index < -0.39 is 6.17 Å². The predicted octanol–water partition coefficient (Wildman–Crippen LogP) is 3.63. The smallest absolute Gasteiger partial charge is 0.242 e. The van der Waals surface area contributed by atoms with E-state index >= 15 is 0 Å². The zero-order valence-electron chi connectivity index (χ0n) is 13.1. The maximum absolute atomic E-state index is 13.5. The molecular formula is C18H21FN2O. The first-order valence-corrected chi connectivity index (χ1v) is 7.64. The lowest BCUT2D eigenvalue weighted by atomic mass is 10.1. The summed E-state index contributed by atoms with van der Waals surface area (Å²) in [6.07, 6.45) is 1.51. The summed E-state index contributed by atoms with van der Waals surface area (Å²) in [6, 6.07) is 7.96. The van der Waals surface area contributed by atoms with E-state index in [2.05, 4.69) is 6.58 Å². The standard InChI is InChI=1S/C18H21FN2O/c1-12(2)16-10-20(17-7-5-4-6-15(16)17)11-18(22)21-9-14(19)8-13(21)3/h4-7,10,13-14H,1,8-9,11H2,2-3H3/t13?,14-/m1/s1. The minimum absolute atomic E-state index is 0.0232. The second-order valence-electron chi connectivity index (χ2n) is 6.20. The molecule has 0 spiro atoms. The Balaban J connectivity index is 1.91. The summed E-state index contributed by atoms with van der Waals surface area (Å²) in [7, 11) is 0. The highest BCUT2D eigenvalue weighted by molar-refractivity contribution is 5.93. The third kappa shape index (κ3) is 2.54. The molecule has 1 aromatic carbocycles. The molecule has 2 heterocycles. The van der Waals surface area contributed by atoms with Gasteiger partial charge in [-0.3, -0.25) is 4.79 Å². The van der Waals surface area contributed by atoms with Crippen LogP contribution in [0.15, 0.2) is 37.0 Å². The van der Waals surface area contributed by atoms with Gasteiger partial charge in [-0.15, -0.1) is 0 Å². The van der Waals surface area contributed by atoms with E-state index in [-0.39, 0.29) is 25.0 Å². The molecule has 1 amide bonds. The topological polar surface area (TPSA) is 25.2 Å². The molecular weight excluding hydrogens is 279 g/mol. The zero-order chi connectivity index (χ0) is 15.9. The Morgan fingerprint density at radius 1 is 1.41 bits per heavy atom.